The van der Waals surface area contributed by atoms with Crippen molar-refractivity contribution in [2.45, 2.75) is 12.8 Å². The van der Waals surface area contributed by atoms with Gasteiger partial charge < -0.3 is 9.36 Å². The van der Waals surface area contributed by atoms with Crippen LogP contribution in [0.25, 0.3) is 0 Å². The summed E-state index contributed by atoms with van der Waals surface area (Å²) in [4.78, 5) is 10.4. The Morgan fingerprint density at radius 2 is 2.44 bits per heavy atom. The summed E-state index contributed by atoms with van der Waals surface area (Å²) >= 11 is 1.68. The minimum atomic E-state index is 0.545. The van der Waals surface area contributed by atoms with Gasteiger partial charge in [0.05, 0.1) is 6.42 Å². The molecule has 16 heavy (non-hydrogen) atoms. The third kappa shape index (κ3) is 1.83. The van der Waals surface area contributed by atoms with Crippen LogP contribution in [0.1, 0.15) is 23.0 Å². The van der Waals surface area contributed by atoms with E-state index in [0.717, 1.165) is 12.1 Å². The third-order valence-electron chi connectivity index (χ3n) is 2.24. The van der Waals surface area contributed by atoms with E-state index in [2.05, 4.69) is 15.3 Å². The first-order valence-corrected chi connectivity index (χ1v) is 5.84. The highest BCUT2D eigenvalue weighted by molar-refractivity contribution is 7.09. The van der Waals surface area contributed by atoms with Crippen LogP contribution in [0.5, 0.6) is 0 Å². The molecule has 0 saturated carbocycles. The molecule has 2 aromatic rings. The standard InChI is InChI=1S/C10H9N3O2S/c1-2-7(16-5-1)6-9-11-10(13-15-9)8-3-4-14-12-8/h1-2,5H,3-4,6H2. The number of hydrogen-bond donors (Lipinski definition) is 0. The molecule has 1 aliphatic rings. The van der Waals surface area contributed by atoms with Crippen LogP contribution >= 0.6 is 11.3 Å². The minimum absolute atomic E-state index is 0.545. The molecule has 6 heteroatoms. The van der Waals surface area contributed by atoms with Crippen molar-refractivity contribution in [1.82, 2.24) is 10.1 Å². The summed E-state index contributed by atoms with van der Waals surface area (Å²) in [7, 11) is 0. The predicted molar refractivity (Wildman–Crippen MR) is 58.5 cm³/mol. The second kappa shape index (κ2) is 4.05. The predicted octanol–water partition coefficient (Wildman–Crippen LogP) is 1.85. The lowest BCUT2D eigenvalue weighted by atomic mass is 10.3. The first-order chi connectivity index (χ1) is 7.92. The first-order valence-electron chi connectivity index (χ1n) is 4.96. The van der Waals surface area contributed by atoms with E-state index >= 15 is 0 Å². The van der Waals surface area contributed by atoms with Gasteiger partial charge in [-0.05, 0) is 11.4 Å². The monoisotopic (exact) mass is 235 g/mol. The highest BCUT2D eigenvalue weighted by atomic mass is 32.1. The molecule has 0 saturated heterocycles. The Morgan fingerprint density at radius 3 is 3.19 bits per heavy atom. The molecule has 0 radical (unpaired) electrons. The van der Waals surface area contributed by atoms with Crippen LogP contribution in [0.2, 0.25) is 0 Å². The van der Waals surface area contributed by atoms with Gasteiger partial charge in [-0.2, -0.15) is 4.98 Å². The summed E-state index contributed by atoms with van der Waals surface area (Å²) < 4.78 is 5.16. The summed E-state index contributed by atoms with van der Waals surface area (Å²) in [6.07, 6.45) is 1.43. The third-order valence-corrected chi connectivity index (χ3v) is 3.11. The van der Waals surface area contributed by atoms with Gasteiger partial charge in [0.2, 0.25) is 11.7 Å². The van der Waals surface area contributed by atoms with E-state index in [9.17, 15) is 0 Å². The molecule has 0 N–H and O–H groups in total. The lowest BCUT2D eigenvalue weighted by Gasteiger charge is -1.87. The van der Waals surface area contributed by atoms with Gasteiger partial charge in [-0.15, -0.1) is 11.3 Å². The molecule has 3 rings (SSSR count). The molecule has 0 atom stereocenters. The Kier molecular flexibility index (Phi) is 2.41. The minimum Gasteiger partial charge on any atom is -0.395 e. The van der Waals surface area contributed by atoms with Crippen molar-refractivity contribution in [3.8, 4) is 0 Å². The Hall–Kier alpha value is -1.69. The van der Waals surface area contributed by atoms with Crippen molar-refractivity contribution in [1.29, 1.82) is 0 Å². The van der Waals surface area contributed by atoms with Gasteiger partial charge in [0.15, 0.2) is 0 Å². The molecule has 2 aromatic heterocycles. The summed E-state index contributed by atoms with van der Waals surface area (Å²) in [6, 6.07) is 4.05. The molecule has 0 bridgehead atoms. The van der Waals surface area contributed by atoms with Gasteiger partial charge in [0, 0.05) is 11.3 Å². The largest absolute Gasteiger partial charge is 0.395 e. The smallest absolute Gasteiger partial charge is 0.232 e. The van der Waals surface area contributed by atoms with Gasteiger partial charge in [0.1, 0.15) is 12.3 Å². The molecular formula is C10H9N3O2S. The van der Waals surface area contributed by atoms with Crippen molar-refractivity contribution in [3.05, 3.63) is 34.1 Å². The maximum atomic E-state index is 5.16. The SMILES string of the molecule is c1csc(Cc2nc(C3=NOCC3)no2)c1. The van der Waals surface area contributed by atoms with E-state index in [1.165, 1.54) is 4.88 Å². The molecule has 0 fully saturated rings. The molecule has 5 nitrogen and oxygen atoms in total. The number of oxime groups is 1. The fourth-order valence-corrected chi connectivity index (χ4v) is 2.17. The van der Waals surface area contributed by atoms with Crippen molar-refractivity contribution >= 4 is 17.0 Å². The second-order valence-electron chi connectivity index (χ2n) is 3.39. The van der Waals surface area contributed by atoms with Crippen LogP contribution in [0.4, 0.5) is 0 Å². The average Bonchev–Trinajstić information content (AvgIpc) is 2.99. The number of thiophene rings is 1. The molecule has 0 spiro atoms. The highest BCUT2D eigenvalue weighted by Gasteiger charge is 2.17. The van der Waals surface area contributed by atoms with Gasteiger partial charge >= 0.3 is 0 Å². The molecule has 3 heterocycles. The van der Waals surface area contributed by atoms with Crippen LogP contribution in [0, 0.1) is 0 Å². The van der Waals surface area contributed by atoms with Gasteiger partial charge in [0.25, 0.3) is 0 Å². The molecule has 0 aliphatic carbocycles. The van der Waals surface area contributed by atoms with E-state index < -0.39 is 0 Å². The maximum Gasteiger partial charge on any atom is 0.232 e. The van der Waals surface area contributed by atoms with E-state index in [4.69, 9.17) is 9.36 Å². The number of aromatic nitrogens is 2. The van der Waals surface area contributed by atoms with E-state index in [1.807, 2.05) is 17.5 Å². The fourth-order valence-electron chi connectivity index (χ4n) is 1.47. The molecule has 0 aromatic carbocycles. The molecular weight excluding hydrogens is 226 g/mol. The van der Waals surface area contributed by atoms with Crippen molar-refractivity contribution in [2.75, 3.05) is 6.61 Å². The normalized spacial score (nSPS) is 14.9. The van der Waals surface area contributed by atoms with Gasteiger partial charge in [-0.3, -0.25) is 0 Å². The maximum absolute atomic E-state index is 5.16. The number of rotatable bonds is 3. The second-order valence-corrected chi connectivity index (χ2v) is 4.42. The summed E-state index contributed by atoms with van der Waals surface area (Å²) in [5.41, 5.74) is 0.765. The molecule has 0 amide bonds. The van der Waals surface area contributed by atoms with Crippen LogP contribution < -0.4 is 0 Å². The zero-order chi connectivity index (χ0) is 10.8. The number of hydrogen-bond acceptors (Lipinski definition) is 6. The van der Waals surface area contributed by atoms with Crippen molar-refractivity contribution < 1.29 is 9.36 Å². The highest BCUT2D eigenvalue weighted by Crippen LogP contribution is 2.14. The molecule has 0 unspecified atom stereocenters. The van der Waals surface area contributed by atoms with Gasteiger partial charge in [-0.25, -0.2) is 0 Å². The quantitative estimate of drug-likeness (QED) is 0.814. The lowest BCUT2D eigenvalue weighted by molar-refractivity contribution is 0.174. The Bertz CT molecular complexity index is 504. The van der Waals surface area contributed by atoms with Crippen LogP contribution in [0.15, 0.2) is 27.2 Å². The average molecular weight is 235 g/mol. The van der Waals surface area contributed by atoms with Crippen molar-refractivity contribution in [2.24, 2.45) is 5.16 Å². The zero-order valence-electron chi connectivity index (χ0n) is 8.42. The van der Waals surface area contributed by atoms with E-state index in [-0.39, 0.29) is 0 Å². The molecule has 82 valence electrons. The Balaban J connectivity index is 1.77. The van der Waals surface area contributed by atoms with E-state index in [0.29, 0.717) is 24.7 Å². The fraction of sp³-hybridized carbons (Fsp3) is 0.300. The van der Waals surface area contributed by atoms with E-state index in [1.54, 1.807) is 11.3 Å². The summed E-state index contributed by atoms with van der Waals surface area (Å²) in [5, 5.41) is 9.77. The summed E-state index contributed by atoms with van der Waals surface area (Å²) in [5.74, 6) is 1.16. The van der Waals surface area contributed by atoms with Crippen LogP contribution in [-0.4, -0.2) is 22.5 Å². The first kappa shape index (κ1) is 9.53. The summed E-state index contributed by atoms with van der Waals surface area (Å²) in [6.45, 7) is 0.601. The topological polar surface area (TPSA) is 60.5 Å². The van der Waals surface area contributed by atoms with Crippen LogP contribution in [-0.2, 0) is 11.3 Å². The van der Waals surface area contributed by atoms with Gasteiger partial charge in [-0.1, -0.05) is 16.4 Å². The number of nitrogens with zero attached hydrogens (tertiary/aromatic N) is 3. The van der Waals surface area contributed by atoms with Crippen LogP contribution in [0.3, 0.4) is 0 Å². The zero-order valence-corrected chi connectivity index (χ0v) is 9.24. The molecule has 1 aliphatic heterocycles. The lowest BCUT2D eigenvalue weighted by Crippen LogP contribution is -2.00. The Labute approximate surface area is 95.7 Å². The Morgan fingerprint density at radius 1 is 1.44 bits per heavy atom. The van der Waals surface area contributed by atoms with Crippen molar-refractivity contribution in [3.63, 3.8) is 0 Å².